The van der Waals surface area contributed by atoms with Crippen LogP contribution in [0.4, 0.5) is 0 Å². The Kier molecular flexibility index (Phi) is 7.34. The van der Waals surface area contributed by atoms with Crippen molar-refractivity contribution in [2.24, 2.45) is 4.99 Å². The molecule has 1 saturated heterocycles. The van der Waals surface area contributed by atoms with Crippen LogP contribution in [0, 0.1) is 0 Å². The number of likely N-dealkylation sites (N-methyl/N-ethyl adjacent to an activating group) is 1. The first-order valence-electron chi connectivity index (χ1n) is 8.13. The van der Waals surface area contributed by atoms with Crippen LogP contribution >= 0.6 is 11.6 Å². The van der Waals surface area contributed by atoms with Crippen molar-refractivity contribution >= 4 is 23.5 Å². The SMILES string of the molecule is CN(C)C(=O)CNC(=NCc1cccc(Cl)c1)NCC1CCCO1. The summed E-state index contributed by atoms with van der Waals surface area (Å²) >= 11 is 6.00. The lowest BCUT2D eigenvalue weighted by Gasteiger charge is -2.17. The summed E-state index contributed by atoms with van der Waals surface area (Å²) in [5.74, 6) is 0.588. The highest BCUT2D eigenvalue weighted by atomic mass is 35.5. The summed E-state index contributed by atoms with van der Waals surface area (Å²) in [6.45, 7) is 2.17. The Balaban J connectivity index is 1.94. The topological polar surface area (TPSA) is 66.0 Å². The summed E-state index contributed by atoms with van der Waals surface area (Å²) in [6.07, 6.45) is 2.34. The third-order valence-electron chi connectivity index (χ3n) is 3.74. The maximum Gasteiger partial charge on any atom is 0.241 e. The highest BCUT2D eigenvalue weighted by Crippen LogP contribution is 2.12. The second kappa shape index (κ2) is 9.49. The average molecular weight is 353 g/mol. The lowest BCUT2D eigenvalue weighted by Crippen LogP contribution is -2.45. The van der Waals surface area contributed by atoms with E-state index in [2.05, 4.69) is 15.6 Å². The van der Waals surface area contributed by atoms with Gasteiger partial charge in [-0.15, -0.1) is 0 Å². The molecule has 6 nitrogen and oxygen atoms in total. The normalized spacial score (nSPS) is 17.6. The van der Waals surface area contributed by atoms with E-state index in [0.717, 1.165) is 25.0 Å². The highest BCUT2D eigenvalue weighted by Gasteiger charge is 2.16. The van der Waals surface area contributed by atoms with Crippen molar-refractivity contribution in [3.63, 3.8) is 0 Å². The number of nitrogens with zero attached hydrogens (tertiary/aromatic N) is 2. The lowest BCUT2D eigenvalue weighted by molar-refractivity contribution is -0.127. The third kappa shape index (κ3) is 6.37. The molecular weight excluding hydrogens is 328 g/mol. The molecule has 1 aromatic carbocycles. The molecule has 24 heavy (non-hydrogen) atoms. The zero-order valence-corrected chi connectivity index (χ0v) is 15.0. The van der Waals surface area contributed by atoms with E-state index < -0.39 is 0 Å². The second-order valence-corrected chi connectivity index (χ2v) is 6.39. The zero-order valence-electron chi connectivity index (χ0n) is 14.2. The van der Waals surface area contributed by atoms with E-state index in [4.69, 9.17) is 16.3 Å². The first-order chi connectivity index (χ1) is 11.5. The Labute approximate surface area is 148 Å². The van der Waals surface area contributed by atoms with Crippen LogP contribution in [0.25, 0.3) is 0 Å². The van der Waals surface area contributed by atoms with Gasteiger partial charge in [0.1, 0.15) is 0 Å². The summed E-state index contributed by atoms with van der Waals surface area (Å²) < 4.78 is 5.61. The van der Waals surface area contributed by atoms with E-state index in [1.54, 1.807) is 19.0 Å². The van der Waals surface area contributed by atoms with Crippen molar-refractivity contribution in [3.8, 4) is 0 Å². The average Bonchev–Trinajstić information content (AvgIpc) is 3.07. The summed E-state index contributed by atoms with van der Waals surface area (Å²) in [7, 11) is 3.46. The molecule has 0 aromatic heterocycles. The smallest absolute Gasteiger partial charge is 0.241 e. The minimum absolute atomic E-state index is 0.00984. The quantitative estimate of drug-likeness (QED) is 0.603. The molecule has 1 aromatic rings. The molecule has 1 fully saturated rings. The zero-order chi connectivity index (χ0) is 17.4. The van der Waals surface area contributed by atoms with Crippen LogP contribution in [-0.4, -0.2) is 56.7 Å². The number of guanidine groups is 1. The van der Waals surface area contributed by atoms with Crippen molar-refractivity contribution in [1.29, 1.82) is 0 Å². The summed E-state index contributed by atoms with van der Waals surface area (Å²) in [5.41, 5.74) is 1.01. The van der Waals surface area contributed by atoms with Crippen LogP contribution in [0.15, 0.2) is 29.3 Å². The van der Waals surface area contributed by atoms with Crippen LogP contribution in [0.3, 0.4) is 0 Å². The Morgan fingerprint density at radius 1 is 1.42 bits per heavy atom. The fourth-order valence-electron chi connectivity index (χ4n) is 2.31. The number of carbonyl (C=O) groups is 1. The van der Waals surface area contributed by atoms with Crippen molar-refractivity contribution in [2.75, 3.05) is 33.8 Å². The number of carbonyl (C=O) groups excluding carboxylic acids is 1. The van der Waals surface area contributed by atoms with Gasteiger partial charge in [-0.3, -0.25) is 4.79 Å². The van der Waals surface area contributed by atoms with Crippen LogP contribution < -0.4 is 10.6 Å². The number of nitrogens with one attached hydrogen (secondary N) is 2. The number of hydrogen-bond donors (Lipinski definition) is 2. The van der Waals surface area contributed by atoms with Gasteiger partial charge >= 0.3 is 0 Å². The molecule has 0 radical (unpaired) electrons. The van der Waals surface area contributed by atoms with E-state index in [1.165, 1.54) is 0 Å². The Morgan fingerprint density at radius 3 is 2.92 bits per heavy atom. The molecule has 0 aliphatic carbocycles. The molecular formula is C17H25ClN4O2. The van der Waals surface area contributed by atoms with Crippen LogP contribution in [0.1, 0.15) is 18.4 Å². The van der Waals surface area contributed by atoms with Gasteiger partial charge in [0.2, 0.25) is 5.91 Å². The Bertz CT molecular complexity index is 571. The third-order valence-corrected chi connectivity index (χ3v) is 3.97. The van der Waals surface area contributed by atoms with E-state index in [0.29, 0.717) is 24.1 Å². The summed E-state index contributed by atoms with van der Waals surface area (Å²) in [4.78, 5) is 17.8. The van der Waals surface area contributed by atoms with Crippen LogP contribution in [0.5, 0.6) is 0 Å². The minimum Gasteiger partial charge on any atom is -0.376 e. The molecule has 1 atom stereocenters. The van der Waals surface area contributed by atoms with Crippen molar-refractivity contribution < 1.29 is 9.53 Å². The van der Waals surface area contributed by atoms with Gasteiger partial charge in [0.15, 0.2) is 5.96 Å². The first-order valence-corrected chi connectivity index (χ1v) is 8.51. The van der Waals surface area contributed by atoms with Gasteiger partial charge in [0, 0.05) is 32.3 Å². The maximum atomic E-state index is 11.8. The largest absolute Gasteiger partial charge is 0.376 e. The number of ether oxygens (including phenoxy) is 1. The van der Waals surface area contributed by atoms with Crippen LogP contribution in [-0.2, 0) is 16.1 Å². The van der Waals surface area contributed by atoms with Gasteiger partial charge in [-0.2, -0.15) is 0 Å². The van der Waals surface area contributed by atoms with E-state index in [1.807, 2.05) is 24.3 Å². The fraction of sp³-hybridized carbons (Fsp3) is 0.529. The first kappa shape index (κ1) is 18.5. The predicted molar refractivity (Wildman–Crippen MR) is 96.3 cm³/mol. The fourth-order valence-corrected chi connectivity index (χ4v) is 2.53. The van der Waals surface area contributed by atoms with Crippen molar-refractivity contribution in [2.45, 2.75) is 25.5 Å². The van der Waals surface area contributed by atoms with Crippen molar-refractivity contribution in [1.82, 2.24) is 15.5 Å². The Hall–Kier alpha value is -1.79. The molecule has 2 N–H and O–H groups in total. The number of benzene rings is 1. The molecule has 0 spiro atoms. The molecule has 132 valence electrons. The van der Waals surface area contributed by atoms with Gasteiger partial charge in [-0.05, 0) is 30.5 Å². The molecule has 7 heteroatoms. The minimum atomic E-state index is -0.00984. The number of aliphatic imine (C=N–C) groups is 1. The number of rotatable bonds is 6. The van der Waals surface area contributed by atoms with Crippen LogP contribution in [0.2, 0.25) is 5.02 Å². The standard InChI is InChI=1S/C17H25ClN4O2/c1-22(2)16(23)12-21-17(20-11-15-7-4-8-24-15)19-10-13-5-3-6-14(18)9-13/h3,5-6,9,15H,4,7-8,10-12H2,1-2H3,(H2,19,20,21). The van der Waals surface area contributed by atoms with E-state index in [-0.39, 0.29) is 18.6 Å². The van der Waals surface area contributed by atoms with Gasteiger partial charge < -0.3 is 20.3 Å². The van der Waals surface area contributed by atoms with Gasteiger partial charge in [0.25, 0.3) is 0 Å². The monoisotopic (exact) mass is 352 g/mol. The molecule has 1 aliphatic rings. The van der Waals surface area contributed by atoms with E-state index in [9.17, 15) is 4.79 Å². The number of halogens is 1. The molecule has 1 heterocycles. The number of hydrogen-bond acceptors (Lipinski definition) is 3. The lowest BCUT2D eigenvalue weighted by atomic mass is 10.2. The molecule has 1 unspecified atom stereocenters. The molecule has 1 amide bonds. The maximum absolute atomic E-state index is 11.8. The highest BCUT2D eigenvalue weighted by molar-refractivity contribution is 6.30. The van der Waals surface area contributed by atoms with Gasteiger partial charge in [-0.25, -0.2) is 4.99 Å². The second-order valence-electron chi connectivity index (χ2n) is 5.95. The molecule has 0 saturated carbocycles. The predicted octanol–water partition coefficient (Wildman–Crippen LogP) is 1.64. The summed E-state index contributed by atoms with van der Waals surface area (Å²) in [6, 6.07) is 7.58. The van der Waals surface area contributed by atoms with Gasteiger partial charge in [0.05, 0.1) is 19.2 Å². The molecule has 1 aliphatic heterocycles. The van der Waals surface area contributed by atoms with Gasteiger partial charge in [-0.1, -0.05) is 23.7 Å². The summed E-state index contributed by atoms with van der Waals surface area (Å²) in [5, 5.41) is 7.01. The number of amides is 1. The van der Waals surface area contributed by atoms with E-state index >= 15 is 0 Å². The Morgan fingerprint density at radius 2 is 2.25 bits per heavy atom. The molecule has 0 bridgehead atoms. The van der Waals surface area contributed by atoms with Crippen molar-refractivity contribution in [3.05, 3.63) is 34.9 Å². The molecule has 2 rings (SSSR count).